The Morgan fingerprint density at radius 1 is 0.784 bits per heavy atom. The number of ether oxygens (including phenoxy) is 2. The highest BCUT2D eigenvalue weighted by atomic mass is 16.5. The van der Waals surface area contributed by atoms with Crippen LogP contribution in [-0.2, 0) is 4.79 Å². The van der Waals surface area contributed by atoms with Gasteiger partial charge in [-0.25, -0.2) is 10.2 Å². The van der Waals surface area contributed by atoms with E-state index in [2.05, 4.69) is 10.5 Å². The van der Waals surface area contributed by atoms with Gasteiger partial charge in [-0.05, 0) is 47.3 Å². The molecule has 37 heavy (non-hydrogen) atoms. The van der Waals surface area contributed by atoms with E-state index in [4.69, 9.17) is 9.47 Å². The lowest BCUT2D eigenvalue weighted by molar-refractivity contribution is -0.123. The molecule has 0 bridgehead atoms. The molecule has 0 unspecified atom stereocenters. The molecule has 0 aliphatic heterocycles. The number of esters is 1. The third kappa shape index (κ3) is 5.49. The second-order valence-corrected chi connectivity index (χ2v) is 8.52. The lowest BCUT2D eigenvalue weighted by Gasteiger charge is -2.11. The molecule has 5 aromatic rings. The van der Waals surface area contributed by atoms with E-state index in [9.17, 15) is 9.59 Å². The number of rotatable bonds is 7. The monoisotopic (exact) mass is 488 g/mol. The highest BCUT2D eigenvalue weighted by molar-refractivity contribution is 6.04. The molecule has 6 heteroatoms. The molecule has 0 spiro atoms. The second kappa shape index (κ2) is 10.7. The number of hydrogen-bond donors (Lipinski definition) is 1. The summed E-state index contributed by atoms with van der Waals surface area (Å²) in [5, 5.41) is 7.87. The molecule has 182 valence electrons. The van der Waals surface area contributed by atoms with Crippen molar-refractivity contribution in [3.63, 3.8) is 0 Å². The number of aryl methyl sites for hydroxylation is 1. The van der Waals surface area contributed by atoms with Gasteiger partial charge in [0.2, 0.25) is 0 Å². The zero-order valence-corrected chi connectivity index (χ0v) is 20.2. The summed E-state index contributed by atoms with van der Waals surface area (Å²) in [4.78, 5) is 25.2. The summed E-state index contributed by atoms with van der Waals surface area (Å²) in [5.74, 6) is 0.0794. The summed E-state index contributed by atoms with van der Waals surface area (Å²) in [6.45, 7) is 1.72. The minimum atomic E-state index is -0.471. The van der Waals surface area contributed by atoms with E-state index >= 15 is 0 Å². The van der Waals surface area contributed by atoms with E-state index < -0.39 is 11.9 Å². The number of hydrogen-bond acceptors (Lipinski definition) is 5. The van der Waals surface area contributed by atoms with Crippen molar-refractivity contribution in [2.24, 2.45) is 5.10 Å². The standard InChI is InChI=1S/C31H24N2O4/c1-21-8-6-12-24(18-21)31(35)37-29-17-16-23-10-2-4-13-25(23)27(29)19-32-33-30(34)20-36-28-15-7-11-22-9-3-5-14-26(22)28/h2-19H,20H2,1H3,(H,33,34)/b32-19+. The largest absolute Gasteiger partial charge is 0.483 e. The Morgan fingerprint density at radius 3 is 2.30 bits per heavy atom. The summed E-state index contributed by atoms with van der Waals surface area (Å²) in [5.41, 5.74) is 4.49. The molecule has 0 atom stereocenters. The zero-order valence-electron chi connectivity index (χ0n) is 20.2. The number of amides is 1. The first kappa shape index (κ1) is 23.8. The average Bonchev–Trinajstić information content (AvgIpc) is 2.92. The minimum absolute atomic E-state index is 0.198. The van der Waals surface area contributed by atoms with E-state index in [-0.39, 0.29) is 6.61 Å². The van der Waals surface area contributed by atoms with Crippen molar-refractivity contribution in [1.29, 1.82) is 0 Å². The molecular formula is C31H24N2O4. The normalized spacial score (nSPS) is 11.1. The fourth-order valence-electron chi connectivity index (χ4n) is 4.09. The van der Waals surface area contributed by atoms with E-state index in [0.717, 1.165) is 27.1 Å². The molecular weight excluding hydrogens is 464 g/mol. The van der Waals surface area contributed by atoms with Crippen molar-refractivity contribution in [2.75, 3.05) is 6.61 Å². The van der Waals surface area contributed by atoms with Crippen LogP contribution in [0.4, 0.5) is 0 Å². The quantitative estimate of drug-likeness (QED) is 0.131. The maximum Gasteiger partial charge on any atom is 0.343 e. The van der Waals surface area contributed by atoms with Gasteiger partial charge in [0, 0.05) is 10.9 Å². The van der Waals surface area contributed by atoms with Gasteiger partial charge in [0.15, 0.2) is 6.61 Å². The third-order valence-electron chi connectivity index (χ3n) is 5.88. The van der Waals surface area contributed by atoms with Gasteiger partial charge in [0.05, 0.1) is 11.8 Å². The smallest absolute Gasteiger partial charge is 0.343 e. The molecule has 0 aromatic heterocycles. The summed E-state index contributed by atoms with van der Waals surface area (Å²) in [6.07, 6.45) is 1.48. The van der Waals surface area contributed by atoms with Gasteiger partial charge in [-0.3, -0.25) is 4.79 Å². The lowest BCUT2D eigenvalue weighted by Crippen LogP contribution is -2.24. The summed E-state index contributed by atoms with van der Waals surface area (Å²) < 4.78 is 11.5. The van der Waals surface area contributed by atoms with Gasteiger partial charge >= 0.3 is 5.97 Å². The van der Waals surface area contributed by atoms with Crippen LogP contribution in [0.15, 0.2) is 108 Å². The van der Waals surface area contributed by atoms with Crippen molar-refractivity contribution < 1.29 is 19.1 Å². The topological polar surface area (TPSA) is 77.0 Å². The number of carbonyl (C=O) groups is 2. The van der Waals surface area contributed by atoms with Crippen LogP contribution in [0.2, 0.25) is 0 Å². The van der Waals surface area contributed by atoms with Crippen molar-refractivity contribution in [3.05, 3.63) is 120 Å². The molecule has 1 N–H and O–H groups in total. The fraction of sp³-hybridized carbons (Fsp3) is 0.0645. The molecule has 5 rings (SSSR count). The predicted octanol–water partition coefficient (Wildman–Crippen LogP) is 6.05. The van der Waals surface area contributed by atoms with E-state index in [1.807, 2.05) is 91.9 Å². The maximum absolute atomic E-state index is 12.8. The third-order valence-corrected chi connectivity index (χ3v) is 5.88. The molecule has 0 aliphatic carbocycles. The number of nitrogens with one attached hydrogen (secondary N) is 1. The van der Waals surface area contributed by atoms with E-state index in [1.165, 1.54) is 6.21 Å². The first-order chi connectivity index (χ1) is 18.1. The minimum Gasteiger partial charge on any atom is -0.483 e. The highest BCUT2D eigenvalue weighted by Crippen LogP contribution is 2.28. The van der Waals surface area contributed by atoms with Crippen LogP contribution in [0.3, 0.4) is 0 Å². The zero-order chi connectivity index (χ0) is 25.6. The van der Waals surface area contributed by atoms with Crippen molar-refractivity contribution in [3.8, 4) is 11.5 Å². The average molecular weight is 489 g/mol. The number of nitrogens with zero attached hydrogens (tertiary/aromatic N) is 1. The number of hydrazone groups is 1. The van der Waals surface area contributed by atoms with Gasteiger partial charge in [-0.15, -0.1) is 0 Å². The van der Waals surface area contributed by atoms with Crippen LogP contribution in [0.1, 0.15) is 21.5 Å². The molecule has 0 saturated carbocycles. The number of benzene rings is 5. The van der Waals surface area contributed by atoms with Gasteiger partial charge in [0.25, 0.3) is 5.91 Å². The van der Waals surface area contributed by atoms with Crippen LogP contribution in [0.5, 0.6) is 11.5 Å². The predicted molar refractivity (Wildman–Crippen MR) is 145 cm³/mol. The molecule has 6 nitrogen and oxygen atoms in total. The van der Waals surface area contributed by atoms with Crippen LogP contribution in [-0.4, -0.2) is 24.7 Å². The first-order valence-electron chi connectivity index (χ1n) is 11.8. The first-order valence-corrected chi connectivity index (χ1v) is 11.8. The number of fused-ring (bicyclic) bond motifs is 2. The van der Waals surface area contributed by atoms with Crippen LogP contribution >= 0.6 is 0 Å². The van der Waals surface area contributed by atoms with Gasteiger partial charge in [-0.2, -0.15) is 5.10 Å². The Morgan fingerprint density at radius 2 is 1.49 bits per heavy atom. The molecule has 0 heterocycles. The summed E-state index contributed by atoms with van der Waals surface area (Å²) >= 11 is 0. The molecule has 0 saturated heterocycles. The fourth-order valence-corrected chi connectivity index (χ4v) is 4.09. The van der Waals surface area contributed by atoms with Gasteiger partial charge < -0.3 is 9.47 Å². The van der Waals surface area contributed by atoms with Crippen LogP contribution in [0, 0.1) is 6.92 Å². The van der Waals surface area contributed by atoms with Crippen LogP contribution in [0.25, 0.3) is 21.5 Å². The Bertz CT molecular complexity index is 1640. The summed E-state index contributed by atoms with van der Waals surface area (Å²) in [6, 6.07) is 32.0. The lowest BCUT2D eigenvalue weighted by atomic mass is 10.0. The van der Waals surface area contributed by atoms with Crippen LogP contribution < -0.4 is 14.9 Å². The SMILES string of the molecule is Cc1cccc(C(=O)Oc2ccc3ccccc3c2/C=N/NC(=O)COc2cccc3ccccc23)c1. The van der Waals surface area contributed by atoms with Crippen molar-refractivity contribution >= 4 is 39.6 Å². The van der Waals surface area contributed by atoms with E-state index in [0.29, 0.717) is 22.6 Å². The van der Waals surface area contributed by atoms with Crippen molar-refractivity contribution in [2.45, 2.75) is 6.92 Å². The molecule has 0 radical (unpaired) electrons. The molecule has 0 aliphatic rings. The molecule has 0 fully saturated rings. The molecule has 1 amide bonds. The summed E-state index contributed by atoms with van der Waals surface area (Å²) in [7, 11) is 0. The second-order valence-electron chi connectivity index (χ2n) is 8.52. The Labute approximate surface area is 214 Å². The van der Waals surface area contributed by atoms with Crippen molar-refractivity contribution in [1.82, 2.24) is 5.43 Å². The highest BCUT2D eigenvalue weighted by Gasteiger charge is 2.14. The Balaban J connectivity index is 1.32. The maximum atomic E-state index is 12.8. The Hall–Kier alpha value is -4.97. The molecule has 5 aromatic carbocycles. The Kier molecular flexibility index (Phi) is 6.90. The van der Waals surface area contributed by atoms with E-state index in [1.54, 1.807) is 18.2 Å². The van der Waals surface area contributed by atoms with Gasteiger partial charge in [0.1, 0.15) is 11.5 Å². The van der Waals surface area contributed by atoms with Gasteiger partial charge in [-0.1, -0.05) is 84.4 Å². The number of carbonyl (C=O) groups excluding carboxylic acids is 2.